The molecule has 0 amide bonds. The van der Waals surface area contributed by atoms with Gasteiger partial charge in [-0.2, -0.15) is 0 Å². The fraction of sp³-hybridized carbons (Fsp3) is 0.160. The summed E-state index contributed by atoms with van der Waals surface area (Å²) < 4.78 is 2.13. The predicted molar refractivity (Wildman–Crippen MR) is 112 cm³/mol. The van der Waals surface area contributed by atoms with Gasteiger partial charge in [-0.3, -0.25) is 0 Å². The van der Waals surface area contributed by atoms with Crippen molar-refractivity contribution >= 4 is 0 Å². The molecule has 3 heteroatoms. The topological polar surface area (TPSA) is 38.0 Å². The van der Waals surface area contributed by atoms with Crippen molar-refractivity contribution in [3.63, 3.8) is 0 Å². The van der Waals surface area contributed by atoms with Crippen LogP contribution in [0.3, 0.4) is 0 Å². The van der Waals surface area contributed by atoms with Crippen molar-refractivity contribution in [3.8, 4) is 0 Å². The molecule has 0 unspecified atom stereocenters. The average Bonchev–Trinajstić information content (AvgIpc) is 3.26. The normalized spacial score (nSPS) is 12.6. The van der Waals surface area contributed by atoms with Crippen LogP contribution in [0.4, 0.5) is 0 Å². The smallest absolute Gasteiger partial charge is 0.121 e. The quantitative estimate of drug-likeness (QED) is 0.477. The number of benzene rings is 3. The van der Waals surface area contributed by atoms with E-state index in [9.17, 15) is 5.11 Å². The van der Waals surface area contributed by atoms with Crippen molar-refractivity contribution in [2.45, 2.75) is 25.0 Å². The average molecular weight is 368 g/mol. The largest absolute Gasteiger partial charge is 0.387 e. The molecule has 1 N–H and O–H groups in total. The number of rotatable bonds is 6. The molecule has 0 saturated heterocycles. The number of aliphatic hydroxyl groups excluding tert-OH is 1. The van der Waals surface area contributed by atoms with Crippen molar-refractivity contribution in [3.05, 3.63) is 126 Å². The maximum atomic E-state index is 10.3. The van der Waals surface area contributed by atoms with Crippen molar-refractivity contribution in [1.82, 2.24) is 9.55 Å². The van der Waals surface area contributed by atoms with Gasteiger partial charge in [0.2, 0.25) is 0 Å². The van der Waals surface area contributed by atoms with E-state index in [-0.39, 0.29) is 0 Å². The van der Waals surface area contributed by atoms with E-state index in [0.717, 1.165) is 16.7 Å². The summed E-state index contributed by atoms with van der Waals surface area (Å²) in [5.74, 6) is 0. The molecule has 0 aliphatic heterocycles. The minimum Gasteiger partial charge on any atom is -0.387 e. The highest BCUT2D eigenvalue weighted by Gasteiger charge is 2.38. The summed E-state index contributed by atoms with van der Waals surface area (Å²) in [5, 5.41) is 10.3. The molecule has 0 fully saturated rings. The first-order valence-corrected chi connectivity index (χ1v) is 9.65. The summed E-state index contributed by atoms with van der Waals surface area (Å²) in [6.07, 6.45) is 3.87. The Kier molecular flexibility index (Phi) is 5.09. The van der Waals surface area contributed by atoms with E-state index in [0.29, 0.717) is 12.1 Å². The maximum absolute atomic E-state index is 10.3. The van der Waals surface area contributed by atoms with Gasteiger partial charge in [0.25, 0.3) is 0 Å². The Labute approximate surface area is 165 Å². The number of hydrogen-bond donors (Lipinski definition) is 1. The molecule has 1 heterocycles. The maximum Gasteiger partial charge on any atom is 0.121 e. The Hall–Kier alpha value is -3.17. The molecule has 3 nitrogen and oxygen atoms in total. The molecule has 0 aliphatic rings. The van der Waals surface area contributed by atoms with Gasteiger partial charge < -0.3 is 9.67 Å². The highest BCUT2D eigenvalue weighted by molar-refractivity contribution is 5.50. The second kappa shape index (κ2) is 7.83. The zero-order chi connectivity index (χ0) is 19.4. The van der Waals surface area contributed by atoms with Crippen molar-refractivity contribution < 1.29 is 5.11 Å². The van der Waals surface area contributed by atoms with Gasteiger partial charge in [0.05, 0.1) is 18.1 Å². The molecule has 3 aromatic carbocycles. The summed E-state index contributed by atoms with van der Waals surface area (Å²) in [6.45, 7) is 1.96. The Morgan fingerprint density at radius 3 is 1.61 bits per heavy atom. The summed E-state index contributed by atoms with van der Waals surface area (Å²) in [6, 6.07) is 31.4. The second-order valence-electron chi connectivity index (χ2n) is 6.94. The molecule has 140 valence electrons. The van der Waals surface area contributed by atoms with Crippen LogP contribution >= 0.6 is 0 Å². The summed E-state index contributed by atoms with van der Waals surface area (Å²) in [5.41, 5.74) is 3.53. The summed E-state index contributed by atoms with van der Waals surface area (Å²) in [4.78, 5) is 4.54. The fourth-order valence-electron chi connectivity index (χ4n) is 3.89. The molecule has 0 saturated carbocycles. The van der Waals surface area contributed by atoms with E-state index in [1.165, 1.54) is 0 Å². The van der Waals surface area contributed by atoms with Gasteiger partial charge in [-0.05, 0) is 23.1 Å². The first-order chi connectivity index (χ1) is 13.8. The van der Waals surface area contributed by atoms with Gasteiger partial charge >= 0.3 is 0 Å². The number of aromatic nitrogens is 2. The molecule has 0 spiro atoms. The third kappa shape index (κ3) is 3.04. The molecule has 4 rings (SSSR count). The lowest BCUT2D eigenvalue weighted by atomic mass is 9.77. The van der Waals surface area contributed by atoms with Gasteiger partial charge in [-0.15, -0.1) is 0 Å². The van der Waals surface area contributed by atoms with Crippen LogP contribution in [-0.4, -0.2) is 14.7 Å². The second-order valence-corrected chi connectivity index (χ2v) is 6.94. The van der Waals surface area contributed by atoms with Crippen LogP contribution in [0, 0.1) is 0 Å². The third-order valence-electron chi connectivity index (χ3n) is 5.29. The molecule has 0 bridgehead atoms. The molecule has 0 radical (unpaired) electrons. The highest BCUT2D eigenvalue weighted by atomic mass is 16.3. The number of imidazole rings is 1. The van der Waals surface area contributed by atoms with Crippen LogP contribution in [0.2, 0.25) is 0 Å². The number of aliphatic hydroxyl groups is 1. The molecular weight excluding hydrogens is 344 g/mol. The van der Waals surface area contributed by atoms with Crippen LogP contribution in [0.1, 0.15) is 41.8 Å². The van der Waals surface area contributed by atoms with Gasteiger partial charge in [-0.1, -0.05) is 97.9 Å². The van der Waals surface area contributed by atoms with Crippen molar-refractivity contribution in [1.29, 1.82) is 0 Å². The van der Waals surface area contributed by atoms with Gasteiger partial charge in [-0.25, -0.2) is 4.98 Å². The third-order valence-corrected chi connectivity index (χ3v) is 5.29. The van der Waals surface area contributed by atoms with Crippen LogP contribution in [-0.2, 0) is 5.54 Å². The fourth-order valence-corrected chi connectivity index (χ4v) is 3.89. The van der Waals surface area contributed by atoms with Crippen molar-refractivity contribution in [2.75, 3.05) is 0 Å². The Morgan fingerprint density at radius 2 is 1.21 bits per heavy atom. The lowest BCUT2D eigenvalue weighted by Gasteiger charge is -2.37. The number of nitrogens with zero attached hydrogens (tertiary/aromatic N) is 2. The molecule has 4 aromatic rings. The summed E-state index contributed by atoms with van der Waals surface area (Å²) >= 11 is 0. The van der Waals surface area contributed by atoms with Gasteiger partial charge in [0, 0.05) is 6.20 Å². The lowest BCUT2D eigenvalue weighted by Crippen LogP contribution is -2.36. The van der Waals surface area contributed by atoms with Crippen LogP contribution in [0.15, 0.2) is 104 Å². The Bertz CT molecular complexity index is 913. The molecule has 1 atom stereocenters. The van der Waals surface area contributed by atoms with Crippen LogP contribution < -0.4 is 0 Å². The van der Waals surface area contributed by atoms with E-state index in [4.69, 9.17) is 0 Å². The SMILES string of the molecule is CC[C@@H](O)c1cn(C(c2ccccc2)(c2ccccc2)c2ccccc2)cn1. The molecule has 0 aliphatic carbocycles. The first kappa shape index (κ1) is 18.2. The zero-order valence-electron chi connectivity index (χ0n) is 15.9. The predicted octanol–water partition coefficient (Wildman–Crippen LogP) is 5.17. The van der Waals surface area contributed by atoms with Crippen LogP contribution in [0.5, 0.6) is 0 Å². The Balaban J connectivity index is 2.06. The number of hydrogen-bond acceptors (Lipinski definition) is 2. The minimum atomic E-state index is -0.581. The first-order valence-electron chi connectivity index (χ1n) is 9.65. The van der Waals surface area contributed by atoms with E-state index >= 15 is 0 Å². The summed E-state index contributed by atoms with van der Waals surface area (Å²) in [7, 11) is 0. The van der Waals surface area contributed by atoms with Gasteiger partial charge in [0.1, 0.15) is 5.54 Å². The highest BCUT2D eigenvalue weighted by Crippen LogP contribution is 2.41. The Morgan fingerprint density at radius 1 is 0.786 bits per heavy atom. The molecule has 1 aromatic heterocycles. The van der Waals surface area contributed by atoms with Crippen molar-refractivity contribution in [2.24, 2.45) is 0 Å². The van der Waals surface area contributed by atoms with E-state index in [2.05, 4.69) is 82.3 Å². The lowest BCUT2D eigenvalue weighted by molar-refractivity contribution is 0.169. The van der Waals surface area contributed by atoms with Gasteiger partial charge in [0.15, 0.2) is 0 Å². The van der Waals surface area contributed by atoms with E-state index in [1.54, 1.807) is 0 Å². The van der Waals surface area contributed by atoms with Crippen LogP contribution in [0.25, 0.3) is 0 Å². The molecular formula is C25H24N2O. The standard InChI is InChI=1S/C25H24N2O/c1-2-24(28)23-18-27(19-26-23)25(20-12-6-3-7-13-20,21-14-8-4-9-15-21)22-16-10-5-11-17-22/h3-19,24,28H,2H2,1H3/t24-/m1/s1. The molecule has 28 heavy (non-hydrogen) atoms. The zero-order valence-corrected chi connectivity index (χ0v) is 15.9. The van der Waals surface area contributed by atoms with E-state index < -0.39 is 11.6 Å². The monoisotopic (exact) mass is 368 g/mol. The van der Waals surface area contributed by atoms with E-state index in [1.807, 2.05) is 37.6 Å². The minimum absolute atomic E-state index is 0.568.